The summed E-state index contributed by atoms with van der Waals surface area (Å²) in [5.41, 5.74) is -0.109. The summed E-state index contributed by atoms with van der Waals surface area (Å²) in [6.45, 7) is 4.26. The van der Waals surface area contributed by atoms with Crippen molar-refractivity contribution in [2.75, 3.05) is 13.2 Å². The smallest absolute Gasteiger partial charge is 0.333 e. The van der Waals surface area contributed by atoms with Crippen LogP contribution in [0.2, 0.25) is 0 Å². The Kier molecular flexibility index (Phi) is 8.54. The first-order chi connectivity index (χ1) is 9.26. The lowest BCUT2D eigenvalue weighted by atomic mass is 9.96. The van der Waals surface area contributed by atoms with Crippen molar-refractivity contribution in [2.45, 2.75) is 43.9 Å². The Bertz CT molecular complexity index is 319. The standard InChI is InChI=1S/C12H22O8/c1-3-20-12(19)6(2)4-7(14)9(16)11(18)10(17)8(15)5-13/h7-11,13-18H,2-5H2,1H3/t7-,8+,9+,10+,11+/m0/s1. The normalized spacial score (nSPS) is 18.8. The molecule has 0 unspecified atom stereocenters. The van der Waals surface area contributed by atoms with Crippen molar-refractivity contribution in [1.29, 1.82) is 0 Å². The highest BCUT2D eigenvalue weighted by molar-refractivity contribution is 5.87. The summed E-state index contributed by atoms with van der Waals surface area (Å²) in [6.07, 6.45) is -9.22. The van der Waals surface area contributed by atoms with Crippen LogP contribution in [0.25, 0.3) is 0 Å². The van der Waals surface area contributed by atoms with E-state index in [2.05, 4.69) is 11.3 Å². The third kappa shape index (κ3) is 5.53. The number of aliphatic hydroxyl groups excluding tert-OH is 6. The molecule has 0 saturated carbocycles. The van der Waals surface area contributed by atoms with Crippen LogP contribution in [0.3, 0.4) is 0 Å². The molecule has 118 valence electrons. The van der Waals surface area contributed by atoms with Gasteiger partial charge in [0.2, 0.25) is 0 Å². The predicted octanol–water partition coefficient (Wildman–Crippen LogP) is -2.71. The van der Waals surface area contributed by atoms with E-state index in [0.29, 0.717) is 0 Å². The van der Waals surface area contributed by atoms with Gasteiger partial charge in [0, 0.05) is 12.0 Å². The number of aliphatic hydroxyl groups is 6. The van der Waals surface area contributed by atoms with Gasteiger partial charge >= 0.3 is 5.97 Å². The highest BCUT2D eigenvalue weighted by Gasteiger charge is 2.34. The fraction of sp³-hybridized carbons (Fsp3) is 0.750. The molecule has 0 fully saturated rings. The summed E-state index contributed by atoms with van der Waals surface area (Å²) in [4.78, 5) is 11.3. The number of esters is 1. The Morgan fingerprint density at radius 3 is 2.00 bits per heavy atom. The van der Waals surface area contributed by atoms with E-state index in [1.807, 2.05) is 0 Å². The monoisotopic (exact) mass is 294 g/mol. The molecular weight excluding hydrogens is 272 g/mol. The van der Waals surface area contributed by atoms with E-state index < -0.39 is 43.1 Å². The number of carbonyl (C=O) groups is 1. The molecule has 0 spiro atoms. The topological polar surface area (TPSA) is 148 Å². The molecule has 8 nitrogen and oxygen atoms in total. The lowest BCUT2D eigenvalue weighted by molar-refractivity contribution is -0.144. The molecule has 0 saturated heterocycles. The minimum Gasteiger partial charge on any atom is -0.463 e. The highest BCUT2D eigenvalue weighted by atomic mass is 16.5. The molecule has 5 atom stereocenters. The van der Waals surface area contributed by atoms with Crippen molar-refractivity contribution in [1.82, 2.24) is 0 Å². The van der Waals surface area contributed by atoms with E-state index in [-0.39, 0.29) is 18.6 Å². The maximum atomic E-state index is 11.3. The van der Waals surface area contributed by atoms with Crippen LogP contribution in [-0.4, -0.2) is 80.3 Å². The average Bonchev–Trinajstić information content (AvgIpc) is 2.43. The molecule has 8 heteroatoms. The quantitative estimate of drug-likeness (QED) is 0.199. The maximum absolute atomic E-state index is 11.3. The molecule has 0 aliphatic rings. The first-order valence-electron chi connectivity index (χ1n) is 6.12. The molecule has 0 aliphatic heterocycles. The van der Waals surface area contributed by atoms with Crippen molar-refractivity contribution in [2.24, 2.45) is 0 Å². The average molecular weight is 294 g/mol. The first kappa shape index (κ1) is 19.0. The number of carbonyl (C=O) groups excluding carboxylic acids is 1. The molecule has 20 heavy (non-hydrogen) atoms. The van der Waals surface area contributed by atoms with Gasteiger partial charge in [-0.2, -0.15) is 0 Å². The van der Waals surface area contributed by atoms with Crippen LogP contribution < -0.4 is 0 Å². The molecule has 0 heterocycles. The Balaban J connectivity index is 4.50. The summed E-state index contributed by atoms with van der Waals surface area (Å²) in [5.74, 6) is -0.746. The van der Waals surface area contributed by atoms with Crippen LogP contribution in [0.5, 0.6) is 0 Å². The SMILES string of the molecule is C=C(C[C@H](O)[C@@H](O)[C@@H](O)[C@H](O)[C@H](O)CO)C(=O)OCC. The molecule has 0 radical (unpaired) electrons. The largest absolute Gasteiger partial charge is 0.463 e. The molecule has 0 aromatic heterocycles. The second kappa shape index (κ2) is 9.01. The number of hydrogen-bond donors (Lipinski definition) is 6. The summed E-state index contributed by atoms with van der Waals surface area (Å²) in [5, 5.41) is 55.9. The van der Waals surface area contributed by atoms with Gasteiger partial charge in [-0.25, -0.2) is 4.79 Å². The van der Waals surface area contributed by atoms with E-state index in [0.717, 1.165) is 0 Å². The summed E-state index contributed by atoms with van der Waals surface area (Å²) < 4.78 is 4.63. The van der Waals surface area contributed by atoms with Crippen molar-refractivity contribution >= 4 is 5.97 Å². The lowest BCUT2D eigenvalue weighted by Crippen LogP contribution is -2.50. The van der Waals surface area contributed by atoms with Crippen molar-refractivity contribution in [3.8, 4) is 0 Å². The van der Waals surface area contributed by atoms with E-state index in [9.17, 15) is 25.2 Å². The molecule has 0 amide bonds. The molecule has 0 aromatic rings. The maximum Gasteiger partial charge on any atom is 0.333 e. The second-order valence-electron chi connectivity index (χ2n) is 4.32. The molecule has 0 aliphatic carbocycles. The number of ether oxygens (including phenoxy) is 1. The third-order valence-electron chi connectivity index (χ3n) is 2.69. The van der Waals surface area contributed by atoms with Crippen LogP contribution in [0.4, 0.5) is 0 Å². The van der Waals surface area contributed by atoms with E-state index in [1.54, 1.807) is 6.92 Å². The molecular formula is C12H22O8. The van der Waals surface area contributed by atoms with Crippen molar-refractivity contribution < 1.29 is 40.2 Å². The fourth-order valence-electron chi connectivity index (χ4n) is 1.45. The molecule has 0 bridgehead atoms. The van der Waals surface area contributed by atoms with Crippen molar-refractivity contribution in [3.05, 3.63) is 12.2 Å². The van der Waals surface area contributed by atoms with Crippen LogP contribution in [0.1, 0.15) is 13.3 Å². The van der Waals surface area contributed by atoms with Gasteiger partial charge in [0.1, 0.15) is 24.4 Å². The zero-order chi connectivity index (χ0) is 15.9. The lowest BCUT2D eigenvalue weighted by Gasteiger charge is -2.28. The third-order valence-corrected chi connectivity index (χ3v) is 2.69. The van der Waals surface area contributed by atoms with Crippen LogP contribution >= 0.6 is 0 Å². The first-order valence-corrected chi connectivity index (χ1v) is 6.12. The Morgan fingerprint density at radius 2 is 1.55 bits per heavy atom. The van der Waals surface area contributed by atoms with Gasteiger partial charge in [0.15, 0.2) is 0 Å². The summed E-state index contributed by atoms with van der Waals surface area (Å²) in [6, 6.07) is 0. The Labute approximate surface area is 116 Å². The Morgan fingerprint density at radius 1 is 1.05 bits per heavy atom. The van der Waals surface area contributed by atoms with Gasteiger partial charge in [0.05, 0.1) is 19.3 Å². The number of hydrogen-bond acceptors (Lipinski definition) is 8. The van der Waals surface area contributed by atoms with Gasteiger partial charge in [-0.3, -0.25) is 0 Å². The van der Waals surface area contributed by atoms with E-state index in [1.165, 1.54) is 0 Å². The zero-order valence-corrected chi connectivity index (χ0v) is 11.2. The van der Waals surface area contributed by atoms with Gasteiger partial charge in [-0.15, -0.1) is 0 Å². The predicted molar refractivity (Wildman–Crippen MR) is 67.5 cm³/mol. The second-order valence-corrected chi connectivity index (χ2v) is 4.32. The summed E-state index contributed by atoms with van der Waals surface area (Å²) in [7, 11) is 0. The van der Waals surface area contributed by atoms with E-state index >= 15 is 0 Å². The zero-order valence-electron chi connectivity index (χ0n) is 11.2. The van der Waals surface area contributed by atoms with Gasteiger partial charge < -0.3 is 35.4 Å². The Hall–Kier alpha value is -1.03. The van der Waals surface area contributed by atoms with Crippen LogP contribution in [0, 0.1) is 0 Å². The van der Waals surface area contributed by atoms with Crippen molar-refractivity contribution in [3.63, 3.8) is 0 Å². The number of rotatable bonds is 9. The van der Waals surface area contributed by atoms with E-state index in [4.69, 9.17) is 10.2 Å². The van der Waals surface area contributed by atoms with Gasteiger partial charge in [-0.1, -0.05) is 6.58 Å². The molecule has 0 aromatic carbocycles. The van der Waals surface area contributed by atoms with Crippen LogP contribution in [0.15, 0.2) is 12.2 Å². The highest BCUT2D eigenvalue weighted by Crippen LogP contribution is 2.14. The molecule has 0 rings (SSSR count). The summed E-state index contributed by atoms with van der Waals surface area (Å²) >= 11 is 0. The minimum absolute atomic E-state index is 0.109. The van der Waals surface area contributed by atoms with Gasteiger partial charge in [0.25, 0.3) is 0 Å². The fourth-order valence-corrected chi connectivity index (χ4v) is 1.45. The minimum atomic E-state index is -1.90. The van der Waals surface area contributed by atoms with Crippen LogP contribution in [-0.2, 0) is 9.53 Å². The molecule has 6 N–H and O–H groups in total. The van der Waals surface area contributed by atoms with Gasteiger partial charge in [-0.05, 0) is 6.92 Å².